The van der Waals surface area contributed by atoms with Gasteiger partial charge in [0.1, 0.15) is 0 Å². The number of hydrogen-bond donors (Lipinski definition) is 2. The molecule has 4 nitrogen and oxygen atoms in total. The number of aliphatic imine (C=N–C) groups is 1. The Balaban J connectivity index is 1.42. The van der Waals surface area contributed by atoms with Gasteiger partial charge in [0.25, 0.3) is 0 Å². The van der Waals surface area contributed by atoms with Crippen LogP contribution in [-0.2, 0) is 0 Å². The Morgan fingerprint density at radius 1 is 1.12 bits per heavy atom. The Labute approximate surface area is 148 Å². The lowest BCUT2D eigenvalue weighted by molar-refractivity contribution is 0.167. The van der Waals surface area contributed by atoms with Crippen molar-refractivity contribution in [3.05, 3.63) is 0 Å². The second-order valence-corrected chi connectivity index (χ2v) is 8.53. The molecule has 0 amide bonds. The summed E-state index contributed by atoms with van der Waals surface area (Å²) < 4.78 is 0. The number of fused-ring (bicyclic) bond motifs is 2. The van der Waals surface area contributed by atoms with Gasteiger partial charge in [-0.15, -0.1) is 0 Å². The average molecular weight is 335 g/mol. The highest BCUT2D eigenvalue weighted by molar-refractivity contribution is 5.80. The zero-order chi connectivity index (χ0) is 16.9. The van der Waals surface area contributed by atoms with Crippen molar-refractivity contribution in [1.29, 1.82) is 0 Å². The molecule has 0 aromatic rings. The summed E-state index contributed by atoms with van der Waals surface area (Å²) in [6.07, 6.45) is 9.75. The van der Waals surface area contributed by atoms with Crippen LogP contribution in [0, 0.1) is 17.8 Å². The van der Waals surface area contributed by atoms with E-state index in [-0.39, 0.29) is 0 Å². The van der Waals surface area contributed by atoms with E-state index in [4.69, 9.17) is 4.99 Å². The molecule has 3 atom stereocenters. The van der Waals surface area contributed by atoms with E-state index < -0.39 is 0 Å². The van der Waals surface area contributed by atoms with Crippen molar-refractivity contribution in [1.82, 2.24) is 15.5 Å². The van der Waals surface area contributed by atoms with E-state index in [1.807, 2.05) is 0 Å². The van der Waals surface area contributed by atoms with E-state index in [2.05, 4.69) is 36.3 Å². The van der Waals surface area contributed by atoms with Gasteiger partial charge in [0.05, 0.1) is 0 Å². The number of piperidine rings is 1. The molecule has 2 bridgehead atoms. The van der Waals surface area contributed by atoms with Crippen LogP contribution in [0.25, 0.3) is 0 Å². The SMILES string of the molecule is CCNC(=NCCC1CC2CCC1C2)NC1CCN(C(C)C)CC1. The second-order valence-electron chi connectivity index (χ2n) is 8.53. The maximum absolute atomic E-state index is 4.89. The van der Waals surface area contributed by atoms with E-state index in [9.17, 15) is 0 Å². The fourth-order valence-corrected chi connectivity index (χ4v) is 5.15. The maximum Gasteiger partial charge on any atom is 0.191 e. The predicted molar refractivity (Wildman–Crippen MR) is 102 cm³/mol. The molecule has 24 heavy (non-hydrogen) atoms. The molecular formula is C20H38N4. The van der Waals surface area contributed by atoms with Crippen molar-refractivity contribution in [3.8, 4) is 0 Å². The first-order chi connectivity index (χ1) is 11.7. The van der Waals surface area contributed by atoms with Crippen LogP contribution in [0.1, 0.15) is 65.7 Å². The van der Waals surface area contributed by atoms with Crippen LogP contribution < -0.4 is 10.6 Å². The zero-order valence-electron chi connectivity index (χ0n) is 16.1. The van der Waals surface area contributed by atoms with Crippen molar-refractivity contribution in [2.75, 3.05) is 26.2 Å². The fraction of sp³-hybridized carbons (Fsp3) is 0.950. The van der Waals surface area contributed by atoms with Gasteiger partial charge in [-0.25, -0.2) is 0 Å². The van der Waals surface area contributed by atoms with Crippen LogP contribution in [0.2, 0.25) is 0 Å². The lowest BCUT2D eigenvalue weighted by atomic mass is 9.86. The van der Waals surface area contributed by atoms with Crippen molar-refractivity contribution in [2.45, 2.75) is 77.8 Å². The number of guanidine groups is 1. The summed E-state index contributed by atoms with van der Waals surface area (Å²) in [5.74, 6) is 4.09. The minimum Gasteiger partial charge on any atom is -0.357 e. The van der Waals surface area contributed by atoms with Crippen LogP contribution in [0.15, 0.2) is 4.99 Å². The van der Waals surface area contributed by atoms with Gasteiger partial charge in [0.15, 0.2) is 5.96 Å². The summed E-state index contributed by atoms with van der Waals surface area (Å²) in [6.45, 7) is 11.1. The van der Waals surface area contributed by atoms with Crippen LogP contribution in [0.4, 0.5) is 0 Å². The lowest BCUT2D eigenvalue weighted by Crippen LogP contribution is -2.49. The largest absolute Gasteiger partial charge is 0.357 e. The van der Waals surface area contributed by atoms with Gasteiger partial charge in [-0.05, 0) is 77.0 Å². The molecule has 3 aliphatic rings. The Morgan fingerprint density at radius 2 is 1.92 bits per heavy atom. The molecule has 2 N–H and O–H groups in total. The Morgan fingerprint density at radius 3 is 2.50 bits per heavy atom. The molecule has 3 fully saturated rings. The highest BCUT2D eigenvalue weighted by Crippen LogP contribution is 2.49. The molecule has 138 valence electrons. The lowest BCUT2D eigenvalue weighted by Gasteiger charge is -2.35. The molecule has 3 unspecified atom stereocenters. The summed E-state index contributed by atoms with van der Waals surface area (Å²) >= 11 is 0. The maximum atomic E-state index is 4.89. The molecule has 3 rings (SSSR count). The average Bonchev–Trinajstić information content (AvgIpc) is 3.18. The number of rotatable bonds is 6. The molecule has 4 heteroatoms. The minimum absolute atomic E-state index is 0.584. The number of hydrogen-bond acceptors (Lipinski definition) is 2. The molecule has 2 saturated carbocycles. The van der Waals surface area contributed by atoms with Crippen molar-refractivity contribution >= 4 is 5.96 Å². The van der Waals surface area contributed by atoms with Gasteiger partial charge < -0.3 is 15.5 Å². The fourth-order valence-electron chi connectivity index (χ4n) is 5.15. The summed E-state index contributed by atoms with van der Waals surface area (Å²) in [4.78, 5) is 7.47. The highest BCUT2D eigenvalue weighted by Gasteiger charge is 2.38. The first-order valence-corrected chi connectivity index (χ1v) is 10.4. The van der Waals surface area contributed by atoms with Crippen molar-refractivity contribution < 1.29 is 0 Å². The van der Waals surface area contributed by atoms with E-state index in [0.717, 1.165) is 36.8 Å². The van der Waals surface area contributed by atoms with Crippen LogP contribution in [0.5, 0.6) is 0 Å². The minimum atomic E-state index is 0.584. The summed E-state index contributed by atoms with van der Waals surface area (Å²) in [5.41, 5.74) is 0. The van der Waals surface area contributed by atoms with Crippen LogP contribution in [0.3, 0.4) is 0 Å². The summed E-state index contributed by atoms with van der Waals surface area (Å²) in [5, 5.41) is 7.14. The van der Waals surface area contributed by atoms with E-state index in [0.29, 0.717) is 12.1 Å². The quantitative estimate of drug-likeness (QED) is 0.579. The summed E-state index contributed by atoms with van der Waals surface area (Å²) in [7, 11) is 0. The first kappa shape index (κ1) is 18.0. The van der Waals surface area contributed by atoms with Gasteiger partial charge in [0.2, 0.25) is 0 Å². The van der Waals surface area contributed by atoms with Crippen molar-refractivity contribution in [3.63, 3.8) is 0 Å². The number of nitrogens with one attached hydrogen (secondary N) is 2. The van der Waals surface area contributed by atoms with Gasteiger partial charge in [0, 0.05) is 38.3 Å². The number of likely N-dealkylation sites (tertiary alicyclic amines) is 1. The second kappa shape index (κ2) is 8.55. The monoisotopic (exact) mass is 334 g/mol. The standard InChI is InChI=1S/C20H38N4/c1-4-21-20(23-19-8-11-24(12-9-19)15(2)3)22-10-7-18-14-16-5-6-17(18)13-16/h15-19H,4-14H2,1-3H3,(H2,21,22,23). The highest BCUT2D eigenvalue weighted by atomic mass is 15.2. The third kappa shape index (κ3) is 4.65. The Kier molecular flexibility index (Phi) is 6.43. The molecule has 1 aliphatic heterocycles. The van der Waals surface area contributed by atoms with Crippen LogP contribution in [-0.4, -0.2) is 49.1 Å². The molecule has 1 heterocycles. The topological polar surface area (TPSA) is 39.7 Å². The third-order valence-electron chi connectivity index (χ3n) is 6.60. The molecule has 1 saturated heterocycles. The number of nitrogens with zero attached hydrogens (tertiary/aromatic N) is 2. The Hall–Kier alpha value is -0.770. The first-order valence-electron chi connectivity index (χ1n) is 10.4. The molecule has 0 aromatic carbocycles. The molecule has 2 aliphatic carbocycles. The smallest absolute Gasteiger partial charge is 0.191 e. The third-order valence-corrected chi connectivity index (χ3v) is 6.60. The molecule has 0 aromatic heterocycles. The van der Waals surface area contributed by atoms with Gasteiger partial charge in [-0.1, -0.05) is 6.42 Å². The normalized spacial score (nSPS) is 31.8. The summed E-state index contributed by atoms with van der Waals surface area (Å²) in [6, 6.07) is 1.26. The van der Waals surface area contributed by atoms with E-state index in [1.165, 1.54) is 58.0 Å². The molecule has 0 spiro atoms. The van der Waals surface area contributed by atoms with E-state index >= 15 is 0 Å². The van der Waals surface area contributed by atoms with Crippen LogP contribution >= 0.6 is 0 Å². The predicted octanol–water partition coefficient (Wildman–Crippen LogP) is 3.24. The molecular weight excluding hydrogens is 296 g/mol. The van der Waals surface area contributed by atoms with Gasteiger partial charge in [-0.3, -0.25) is 4.99 Å². The zero-order valence-corrected chi connectivity index (χ0v) is 16.1. The molecule has 0 radical (unpaired) electrons. The van der Waals surface area contributed by atoms with Crippen molar-refractivity contribution in [2.24, 2.45) is 22.7 Å². The van der Waals surface area contributed by atoms with E-state index in [1.54, 1.807) is 0 Å². The van der Waals surface area contributed by atoms with Gasteiger partial charge >= 0.3 is 0 Å². The van der Waals surface area contributed by atoms with Gasteiger partial charge in [-0.2, -0.15) is 0 Å². The Bertz CT molecular complexity index is 412.